The van der Waals surface area contributed by atoms with Gasteiger partial charge in [0, 0.05) is 6.54 Å². The second-order valence-electron chi connectivity index (χ2n) is 4.13. The van der Waals surface area contributed by atoms with Crippen LogP contribution in [0.15, 0.2) is 30.3 Å². The van der Waals surface area contributed by atoms with Crippen LogP contribution in [0.4, 0.5) is 5.95 Å². The third kappa shape index (κ3) is 3.82. The molecule has 110 valence electrons. The Labute approximate surface area is 121 Å². The van der Waals surface area contributed by atoms with Crippen LogP contribution in [0.25, 0.3) is 0 Å². The first-order valence-electron chi connectivity index (χ1n) is 6.15. The quantitative estimate of drug-likeness (QED) is 0.837. The molecule has 0 saturated carbocycles. The van der Waals surface area contributed by atoms with Crippen molar-refractivity contribution in [2.45, 2.75) is 6.54 Å². The molecular weight excluding hydrogens is 274 g/mol. The number of carboxylic acids is 1. The van der Waals surface area contributed by atoms with Crippen LogP contribution in [0.1, 0.15) is 15.9 Å². The maximum Gasteiger partial charge on any atom is 0.335 e. The monoisotopic (exact) mass is 289 g/mol. The van der Waals surface area contributed by atoms with E-state index < -0.39 is 5.97 Å². The normalized spacial score (nSPS) is 10.0. The van der Waals surface area contributed by atoms with Crippen LogP contribution < -0.4 is 14.8 Å². The molecule has 7 nitrogen and oxygen atoms in total. The largest absolute Gasteiger partial charge is 0.481 e. The van der Waals surface area contributed by atoms with E-state index >= 15 is 0 Å². The second kappa shape index (κ2) is 6.56. The van der Waals surface area contributed by atoms with Crippen molar-refractivity contribution in [1.82, 2.24) is 9.97 Å². The number of benzene rings is 1. The molecule has 0 amide bonds. The Balaban J connectivity index is 2.06. The zero-order valence-corrected chi connectivity index (χ0v) is 11.7. The summed E-state index contributed by atoms with van der Waals surface area (Å²) in [7, 11) is 3.02. The van der Waals surface area contributed by atoms with Crippen molar-refractivity contribution in [1.29, 1.82) is 0 Å². The summed E-state index contributed by atoms with van der Waals surface area (Å²) in [5, 5.41) is 11.9. The molecule has 0 atom stereocenters. The Bertz CT molecular complexity index is 606. The zero-order chi connectivity index (χ0) is 15.2. The summed E-state index contributed by atoms with van der Waals surface area (Å²) in [4.78, 5) is 19.1. The topological polar surface area (TPSA) is 93.6 Å². The first-order valence-corrected chi connectivity index (χ1v) is 6.15. The van der Waals surface area contributed by atoms with E-state index in [9.17, 15) is 4.79 Å². The number of methoxy groups -OCH3 is 2. The summed E-state index contributed by atoms with van der Waals surface area (Å²) in [5.74, 6) is 0.208. The number of carbonyl (C=O) groups is 1. The number of nitrogens with one attached hydrogen (secondary N) is 1. The molecule has 2 aromatic rings. The maximum absolute atomic E-state index is 10.8. The Morgan fingerprint density at radius 1 is 1.14 bits per heavy atom. The van der Waals surface area contributed by atoms with Gasteiger partial charge in [0.1, 0.15) is 0 Å². The number of hydrogen-bond acceptors (Lipinski definition) is 6. The molecule has 1 aromatic heterocycles. The molecule has 1 aromatic carbocycles. The Morgan fingerprint density at radius 2 is 1.71 bits per heavy atom. The van der Waals surface area contributed by atoms with E-state index in [2.05, 4.69) is 15.3 Å². The summed E-state index contributed by atoms with van der Waals surface area (Å²) in [6.07, 6.45) is 0. The van der Waals surface area contributed by atoms with Crippen LogP contribution in [0.3, 0.4) is 0 Å². The number of ether oxygens (including phenoxy) is 2. The van der Waals surface area contributed by atoms with Crippen molar-refractivity contribution in [2.75, 3.05) is 19.5 Å². The highest BCUT2D eigenvalue weighted by atomic mass is 16.5. The van der Waals surface area contributed by atoms with E-state index in [0.29, 0.717) is 24.3 Å². The molecule has 0 bridgehead atoms. The van der Waals surface area contributed by atoms with Gasteiger partial charge in [-0.3, -0.25) is 0 Å². The van der Waals surface area contributed by atoms with Gasteiger partial charge >= 0.3 is 5.97 Å². The zero-order valence-electron chi connectivity index (χ0n) is 11.7. The SMILES string of the molecule is COc1cc(OC)nc(NCc2ccc(C(=O)O)cc2)n1. The fraction of sp³-hybridized carbons (Fsp3) is 0.214. The van der Waals surface area contributed by atoms with Crippen molar-refractivity contribution in [3.63, 3.8) is 0 Å². The predicted molar refractivity (Wildman–Crippen MR) is 75.9 cm³/mol. The average molecular weight is 289 g/mol. The van der Waals surface area contributed by atoms with Crippen LogP contribution in [-0.4, -0.2) is 35.3 Å². The van der Waals surface area contributed by atoms with Gasteiger partial charge in [-0.25, -0.2) is 4.79 Å². The highest BCUT2D eigenvalue weighted by molar-refractivity contribution is 5.87. The molecule has 2 N–H and O–H groups in total. The number of rotatable bonds is 6. The molecule has 0 unspecified atom stereocenters. The van der Waals surface area contributed by atoms with Gasteiger partial charge in [0.05, 0.1) is 25.8 Å². The minimum absolute atomic E-state index is 0.248. The molecule has 1 heterocycles. The minimum atomic E-state index is -0.949. The van der Waals surface area contributed by atoms with Gasteiger partial charge in [-0.15, -0.1) is 0 Å². The van der Waals surface area contributed by atoms with E-state index in [4.69, 9.17) is 14.6 Å². The summed E-state index contributed by atoms with van der Waals surface area (Å²) in [5.41, 5.74) is 1.16. The summed E-state index contributed by atoms with van der Waals surface area (Å²) in [6, 6.07) is 8.13. The van der Waals surface area contributed by atoms with Crippen molar-refractivity contribution in [2.24, 2.45) is 0 Å². The number of carboxylic acid groups (broad SMARTS) is 1. The van der Waals surface area contributed by atoms with E-state index in [1.54, 1.807) is 30.3 Å². The van der Waals surface area contributed by atoms with Gasteiger partial charge in [0.15, 0.2) is 0 Å². The second-order valence-corrected chi connectivity index (χ2v) is 4.13. The lowest BCUT2D eigenvalue weighted by Gasteiger charge is -2.08. The van der Waals surface area contributed by atoms with E-state index in [0.717, 1.165) is 5.56 Å². The van der Waals surface area contributed by atoms with Crippen molar-refractivity contribution >= 4 is 11.9 Å². The molecule has 0 aliphatic carbocycles. The molecule has 0 radical (unpaired) electrons. The van der Waals surface area contributed by atoms with Gasteiger partial charge < -0.3 is 19.9 Å². The molecule has 0 spiro atoms. The van der Waals surface area contributed by atoms with Crippen molar-refractivity contribution in [3.8, 4) is 11.8 Å². The number of aromatic carboxylic acids is 1. The molecule has 2 rings (SSSR count). The number of hydrogen-bond donors (Lipinski definition) is 2. The van der Waals surface area contributed by atoms with Crippen LogP contribution in [0, 0.1) is 0 Å². The van der Waals surface area contributed by atoms with Gasteiger partial charge in [-0.2, -0.15) is 9.97 Å². The van der Waals surface area contributed by atoms with Crippen LogP contribution in [0.2, 0.25) is 0 Å². The lowest BCUT2D eigenvalue weighted by Crippen LogP contribution is -2.06. The maximum atomic E-state index is 10.8. The van der Waals surface area contributed by atoms with Crippen molar-refractivity contribution in [3.05, 3.63) is 41.5 Å². The van der Waals surface area contributed by atoms with Gasteiger partial charge in [0.2, 0.25) is 17.7 Å². The Morgan fingerprint density at radius 3 is 2.19 bits per heavy atom. The highest BCUT2D eigenvalue weighted by Gasteiger charge is 2.06. The minimum Gasteiger partial charge on any atom is -0.481 e. The first-order chi connectivity index (χ1) is 10.1. The molecule has 0 fully saturated rings. The standard InChI is InChI=1S/C14H15N3O4/c1-20-11-7-12(21-2)17-14(16-11)15-8-9-3-5-10(6-4-9)13(18)19/h3-7H,8H2,1-2H3,(H,18,19)(H,15,16,17). The average Bonchev–Trinajstić information content (AvgIpc) is 2.52. The smallest absolute Gasteiger partial charge is 0.335 e. The predicted octanol–water partition coefficient (Wildman–Crippen LogP) is 1.80. The Kier molecular flexibility index (Phi) is 4.55. The molecule has 7 heteroatoms. The number of anilines is 1. The number of aromatic nitrogens is 2. The lowest BCUT2D eigenvalue weighted by atomic mass is 10.1. The molecule has 0 aliphatic rings. The van der Waals surface area contributed by atoms with Crippen LogP contribution in [0.5, 0.6) is 11.8 Å². The third-order valence-electron chi connectivity index (χ3n) is 2.75. The molecule has 0 saturated heterocycles. The Hall–Kier alpha value is -2.83. The van der Waals surface area contributed by atoms with Crippen LogP contribution in [-0.2, 0) is 6.54 Å². The summed E-state index contributed by atoms with van der Waals surface area (Å²) >= 11 is 0. The van der Waals surface area contributed by atoms with E-state index in [1.807, 2.05) is 0 Å². The van der Waals surface area contributed by atoms with E-state index in [1.165, 1.54) is 14.2 Å². The first kappa shape index (κ1) is 14.6. The van der Waals surface area contributed by atoms with Crippen molar-refractivity contribution < 1.29 is 19.4 Å². The molecular formula is C14H15N3O4. The van der Waals surface area contributed by atoms with Gasteiger partial charge in [-0.1, -0.05) is 12.1 Å². The molecule has 21 heavy (non-hydrogen) atoms. The summed E-state index contributed by atoms with van der Waals surface area (Å²) < 4.78 is 10.1. The fourth-order valence-corrected chi connectivity index (χ4v) is 1.64. The van der Waals surface area contributed by atoms with Crippen LogP contribution >= 0.6 is 0 Å². The third-order valence-corrected chi connectivity index (χ3v) is 2.75. The fourth-order valence-electron chi connectivity index (χ4n) is 1.64. The number of nitrogens with zero attached hydrogens (tertiary/aromatic N) is 2. The van der Waals surface area contributed by atoms with Gasteiger partial charge in [0.25, 0.3) is 0 Å². The van der Waals surface area contributed by atoms with Gasteiger partial charge in [-0.05, 0) is 17.7 Å². The lowest BCUT2D eigenvalue weighted by molar-refractivity contribution is 0.0697. The molecule has 0 aliphatic heterocycles. The highest BCUT2D eigenvalue weighted by Crippen LogP contribution is 2.17. The van der Waals surface area contributed by atoms with E-state index in [-0.39, 0.29) is 5.56 Å². The summed E-state index contributed by atoms with van der Waals surface area (Å²) in [6.45, 7) is 0.455.